The molecule has 0 radical (unpaired) electrons. The molecule has 3 aromatic carbocycles. The van der Waals surface area contributed by atoms with Gasteiger partial charge in [-0.3, -0.25) is 48.1 Å². The topological polar surface area (TPSA) is 427 Å². The number of nitrogens with zero attached hydrogens (tertiary/aromatic N) is 4. The van der Waals surface area contributed by atoms with Crippen molar-refractivity contribution in [2.75, 3.05) is 52.7 Å². The van der Waals surface area contributed by atoms with Gasteiger partial charge in [-0.15, -0.1) is 0 Å². The summed E-state index contributed by atoms with van der Waals surface area (Å²) in [4.78, 5) is 141. The van der Waals surface area contributed by atoms with Gasteiger partial charge in [0.15, 0.2) is 11.6 Å². The first-order chi connectivity index (χ1) is 42.8. The second-order valence-electron chi connectivity index (χ2n) is 21.0. The highest BCUT2D eigenvalue weighted by atomic mass is 16.6. The Balaban J connectivity index is 0.788. The maximum absolute atomic E-state index is 14.2. The van der Waals surface area contributed by atoms with Gasteiger partial charge in [-0.1, -0.05) is 79.7 Å². The number of fused-ring (bicyclic) bond motifs is 5. The summed E-state index contributed by atoms with van der Waals surface area (Å²) in [5.74, 6) is -7.71. The number of benzene rings is 3. The number of esters is 1. The largest absolute Gasteiger partial charge is 0.481 e. The number of aliphatic hydroxyl groups is 1. The molecule has 29 heteroatoms. The van der Waals surface area contributed by atoms with Crippen molar-refractivity contribution in [1.29, 1.82) is 0 Å². The van der Waals surface area contributed by atoms with Gasteiger partial charge < -0.3 is 77.1 Å². The Bertz CT molecular complexity index is 3590. The van der Waals surface area contributed by atoms with Crippen LogP contribution in [0.2, 0.25) is 0 Å². The molecule has 3 aliphatic rings. The minimum absolute atomic E-state index is 0.00192. The van der Waals surface area contributed by atoms with Crippen molar-refractivity contribution in [3.05, 3.63) is 134 Å². The van der Waals surface area contributed by atoms with Crippen LogP contribution in [0.5, 0.6) is 0 Å². The van der Waals surface area contributed by atoms with E-state index in [9.17, 15) is 58.2 Å². The normalized spacial score (nSPS) is 19.4. The third kappa shape index (κ3) is 17.2. The molecule has 5 heterocycles. The molecule has 3 aliphatic heterocycles. The number of carbonyl (C=O) groups excluding carboxylic acids is 8. The summed E-state index contributed by atoms with van der Waals surface area (Å²) in [7, 11) is 0. The summed E-state index contributed by atoms with van der Waals surface area (Å²) in [5.41, 5.74) is 16.0. The number of cyclic esters (lactones) is 1. The minimum atomic E-state index is -1.98. The van der Waals surface area contributed by atoms with Crippen molar-refractivity contribution in [1.82, 2.24) is 46.9 Å². The number of nitrogens with two attached hydrogens (primary N) is 2. The third-order valence-electron chi connectivity index (χ3n) is 14.8. The van der Waals surface area contributed by atoms with Gasteiger partial charge in [0, 0.05) is 48.0 Å². The third-order valence-corrected chi connectivity index (χ3v) is 14.8. The molecular weight excluding hydrogens is 1160 g/mol. The van der Waals surface area contributed by atoms with Gasteiger partial charge in [0.05, 0.1) is 74.6 Å². The molecule has 0 saturated carbocycles. The van der Waals surface area contributed by atoms with Crippen LogP contribution >= 0.6 is 0 Å². The van der Waals surface area contributed by atoms with Gasteiger partial charge in [0.25, 0.3) is 11.5 Å². The summed E-state index contributed by atoms with van der Waals surface area (Å²) >= 11 is 0. The quantitative estimate of drug-likeness (QED) is 0.00998. The number of hydrogen-bond donors (Lipinski definition) is 11. The molecule has 5 atom stereocenters. The van der Waals surface area contributed by atoms with Gasteiger partial charge in [0.1, 0.15) is 44.0 Å². The lowest BCUT2D eigenvalue weighted by molar-refractivity contribution is -0.172. The Hall–Kier alpha value is -9.97. The number of aliphatic carboxylic acids is 1. The van der Waals surface area contributed by atoms with Crippen LogP contribution in [0.25, 0.3) is 22.3 Å². The van der Waals surface area contributed by atoms with Crippen molar-refractivity contribution in [3.8, 4) is 11.4 Å². The second-order valence-corrected chi connectivity index (χ2v) is 21.0. The van der Waals surface area contributed by atoms with Crippen LogP contribution in [0.4, 0.5) is 0 Å². The summed E-state index contributed by atoms with van der Waals surface area (Å²) in [6.07, 6.45) is 0.613. The average Bonchev–Trinajstić information content (AvgIpc) is 1.66. The van der Waals surface area contributed by atoms with Gasteiger partial charge in [-0.2, -0.15) is 5.10 Å². The first-order valence-corrected chi connectivity index (χ1v) is 28.6. The number of hydrazone groups is 1. The van der Waals surface area contributed by atoms with Crippen molar-refractivity contribution in [2.24, 2.45) is 21.6 Å². The van der Waals surface area contributed by atoms with Gasteiger partial charge in [-0.05, 0) is 48.1 Å². The first-order valence-electron chi connectivity index (χ1n) is 28.6. The fourth-order valence-corrected chi connectivity index (χ4v) is 10.1. The van der Waals surface area contributed by atoms with E-state index in [1.165, 1.54) is 10.8 Å². The number of hydrogen-bond acceptors (Lipinski definition) is 18. The molecule has 0 bridgehead atoms. The van der Waals surface area contributed by atoms with Crippen molar-refractivity contribution < 1.29 is 72.3 Å². The van der Waals surface area contributed by atoms with E-state index in [-0.39, 0.29) is 115 Å². The number of aromatic nitrogens is 2. The van der Waals surface area contributed by atoms with Crippen LogP contribution in [0, 0.1) is 0 Å². The summed E-state index contributed by atoms with van der Waals surface area (Å²) in [6.45, 7) is 0.717. The molecular formula is C60H69N13O16. The highest BCUT2D eigenvalue weighted by Gasteiger charge is 2.46. The maximum Gasteiger partial charge on any atom is 0.343 e. The standard InChI is InChI=1S/C60H69N13O16/c1-2-60(85)41-25-47-52-39(30-73(47)57(83)40(41)31-89-58(60)84)38(37-11-6-7-12-42(37)68-52)28-66-72-50(76)33-88-22-20-86-19-21-87-32-49(75)64-27-36-16-14-35(15-17-36)24-45-54(80)69-43(13-8-18-63-59(61)62)53(79)65-29-48(74)67-46(26-51(77)78)56(82)71-44(55(81)70-45)23-34-9-4-3-5-10-34/h3-7,9-12,14-17,25,28,43-46,85H,2,8,13,18-24,26-27,29-33H2,1H3,(H,64,75)(H,65,79)(H,67,74)(H,69,80)(H,70,81)(H,71,82)(H,72,76)(H,77,78)(H4,61,62,63). The number of rotatable bonds is 25. The molecule has 8 rings (SSSR count). The zero-order valence-corrected chi connectivity index (χ0v) is 48.5. The fraction of sp³-hybridized carbons (Fsp3) is 0.383. The monoisotopic (exact) mass is 1230 g/mol. The number of aliphatic imine (C=N–C) groups is 1. The lowest BCUT2D eigenvalue weighted by Crippen LogP contribution is -2.58. The molecule has 1 fully saturated rings. The summed E-state index contributed by atoms with van der Waals surface area (Å²) in [5, 5.41) is 41.1. The van der Waals surface area contributed by atoms with Gasteiger partial charge >= 0.3 is 11.9 Å². The molecule has 5 aromatic rings. The maximum atomic E-state index is 14.2. The molecule has 13 N–H and O–H groups in total. The summed E-state index contributed by atoms with van der Waals surface area (Å²) < 4.78 is 23.1. The Morgan fingerprint density at radius 3 is 2.06 bits per heavy atom. The number of nitrogens with one attached hydrogen (secondary N) is 7. The Labute approximate surface area is 508 Å². The van der Waals surface area contributed by atoms with Crippen LogP contribution in [0.15, 0.2) is 99.8 Å². The molecule has 1 saturated heterocycles. The van der Waals surface area contributed by atoms with Gasteiger partial charge in [-0.25, -0.2) is 15.2 Å². The second kappa shape index (κ2) is 30.6. The number of carboxylic acid groups (broad SMARTS) is 1. The molecule has 470 valence electrons. The van der Waals surface area contributed by atoms with Crippen molar-refractivity contribution >= 4 is 76.4 Å². The predicted octanol–water partition coefficient (Wildman–Crippen LogP) is -1.72. The molecule has 0 aliphatic carbocycles. The number of carboxylic acids is 1. The number of ether oxygens (including phenoxy) is 4. The Morgan fingerprint density at radius 2 is 1.38 bits per heavy atom. The molecule has 2 aromatic heterocycles. The SMILES string of the molecule is CCC1(O)C(=O)OCc2c1cc1n(c2=O)Cc2c-1nc1ccccc1c2C=NNC(=O)COCCOCCOCC(=O)NCc1ccc(CC2NC(=O)C(Cc3ccccc3)NC(=O)C(CC(=O)O)NC(=O)CNC(=O)C(CCCN=C(N)N)NC2=O)cc1. The number of para-hydroxylation sites is 1. The van der Waals surface area contributed by atoms with Crippen LogP contribution < -0.4 is 54.4 Å². The Morgan fingerprint density at radius 1 is 0.764 bits per heavy atom. The van der Waals surface area contributed by atoms with Crippen LogP contribution in [0.3, 0.4) is 0 Å². The van der Waals surface area contributed by atoms with E-state index in [2.05, 4.69) is 47.4 Å². The summed E-state index contributed by atoms with van der Waals surface area (Å²) in [6, 6.07) is 18.6. The van der Waals surface area contributed by atoms with E-state index in [1.54, 1.807) is 73.7 Å². The Kier molecular flexibility index (Phi) is 22.3. The molecule has 7 amide bonds. The molecule has 0 spiro atoms. The van der Waals surface area contributed by atoms with E-state index in [0.717, 1.165) is 0 Å². The fourth-order valence-electron chi connectivity index (χ4n) is 10.1. The first kappa shape index (κ1) is 65.0. The number of carbonyl (C=O) groups is 9. The van der Waals surface area contributed by atoms with E-state index in [1.807, 2.05) is 18.2 Å². The number of amides is 7. The molecule has 89 heavy (non-hydrogen) atoms. The van der Waals surface area contributed by atoms with E-state index < -0.39 is 102 Å². The van der Waals surface area contributed by atoms with Crippen molar-refractivity contribution in [2.45, 2.75) is 94.9 Å². The predicted molar refractivity (Wildman–Crippen MR) is 318 cm³/mol. The molecule has 29 nitrogen and oxygen atoms in total. The van der Waals surface area contributed by atoms with Crippen LogP contribution in [-0.4, -0.2) is 162 Å². The number of guanidine groups is 1. The number of pyridine rings is 2. The lowest BCUT2D eigenvalue weighted by atomic mass is 9.86. The highest BCUT2D eigenvalue weighted by molar-refractivity contribution is 6.03. The lowest BCUT2D eigenvalue weighted by Gasteiger charge is -2.31. The average molecular weight is 1230 g/mol. The van der Waals surface area contributed by atoms with E-state index in [0.29, 0.717) is 50.1 Å². The van der Waals surface area contributed by atoms with E-state index >= 15 is 0 Å². The molecule has 5 unspecified atom stereocenters. The van der Waals surface area contributed by atoms with Gasteiger partial charge in [0.2, 0.25) is 35.4 Å². The van der Waals surface area contributed by atoms with Crippen molar-refractivity contribution in [3.63, 3.8) is 0 Å². The van der Waals surface area contributed by atoms with Crippen LogP contribution in [-0.2, 0) is 100 Å². The zero-order chi connectivity index (χ0) is 63.6. The van der Waals surface area contributed by atoms with E-state index in [4.69, 9.17) is 35.4 Å². The zero-order valence-electron chi connectivity index (χ0n) is 48.5. The van der Waals surface area contributed by atoms with Crippen LogP contribution in [0.1, 0.15) is 71.6 Å². The minimum Gasteiger partial charge on any atom is -0.481 e. The highest BCUT2D eigenvalue weighted by Crippen LogP contribution is 2.40. The smallest absolute Gasteiger partial charge is 0.343 e.